The van der Waals surface area contributed by atoms with Crippen LogP contribution in [0.3, 0.4) is 0 Å². The summed E-state index contributed by atoms with van der Waals surface area (Å²) in [4.78, 5) is 6.99. The Hall–Kier alpha value is -1.95. The van der Waals surface area contributed by atoms with Gasteiger partial charge in [0.25, 0.3) is 0 Å². The van der Waals surface area contributed by atoms with Gasteiger partial charge >= 0.3 is 0 Å². The quantitative estimate of drug-likeness (QED) is 0.743. The first-order chi connectivity index (χ1) is 12.2. The maximum Gasteiger partial charge on any atom is 0.124 e. The summed E-state index contributed by atoms with van der Waals surface area (Å²) in [7, 11) is 0. The van der Waals surface area contributed by atoms with Crippen molar-refractivity contribution in [2.24, 2.45) is 0 Å². The maximum atomic E-state index is 10.3. The van der Waals surface area contributed by atoms with Gasteiger partial charge in [0.2, 0.25) is 0 Å². The molecule has 5 heteroatoms. The number of aliphatic hydroxyl groups is 1. The number of thiazole rings is 1. The van der Waals surface area contributed by atoms with Crippen LogP contribution in [0.5, 0.6) is 5.75 Å². The average molecular weight is 354 g/mol. The SMILES string of the molecule is OCC1CCCCN1Cc1cc(-c2nc3ccccc3s2)ccc1O. The van der Waals surface area contributed by atoms with Crippen molar-refractivity contribution in [2.75, 3.05) is 13.2 Å². The molecule has 0 amide bonds. The van der Waals surface area contributed by atoms with E-state index in [0.29, 0.717) is 12.3 Å². The van der Waals surface area contributed by atoms with E-state index in [2.05, 4.69) is 11.0 Å². The fourth-order valence-electron chi connectivity index (χ4n) is 3.53. The van der Waals surface area contributed by atoms with Crippen LogP contribution < -0.4 is 0 Å². The van der Waals surface area contributed by atoms with Gasteiger partial charge in [-0.25, -0.2) is 4.98 Å². The molecular weight excluding hydrogens is 332 g/mol. The zero-order chi connectivity index (χ0) is 17.2. The first-order valence-electron chi connectivity index (χ1n) is 8.77. The van der Waals surface area contributed by atoms with E-state index < -0.39 is 0 Å². The predicted octanol–water partition coefficient (Wildman–Crippen LogP) is 4.02. The van der Waals surface area contributed by atoms with Crippen LogP contribution in [0.15, 0.2) is 42.5 Å². The third kappa shape index (κ3) is 3.40. The minimum Gasteiger partial charge on any atom is -0.508 e. The summed E-state index contributed by atoms with van der Waals surface area (Å²) in [6, 6.07) is 14.0. The number of fused-ring (bicyclic) bond motifs is 1. The number of hydrogen-bond donors (Lipinski definition) is 2. The van der Waals surface area contributed by atoms with E-state index in [0.717, 1.165) is 41.0 Å². The first-order valence-corrected chi connectivity index (χ1v) is 9.59. The summed E-state index contributed by atoms with van der Waals surface area (Å²) in [6.45, 7) is 1.81. The van der Waals surface area contributed by atoms with Gasteiger partial charge in [-0.15, -0.1) is 11.3 Å². The zero-order valence-electron chi connectivity index (χ0n) is 14.1. The Morgan fingerprint density at radius 3 is 2.88 bits per heavy atom. The van der Waals surface area contributed by atoms with Crippen molar-refractivity contribution in [1.29, 1.82) is 0 Å². The molecule has 25 heavy (non-hydrogen) atoms. The van der Waals surface area contributed by atoms with Crippen LogP contribution in [-0.2, 0) is 6.54 Å². The topological polar surface area (TPSA) is 56.6 Å². The Morgan fingerprint density at radius 1 is 1.16 bits per heavy atom. The Bertz CT molecular complexity index is 844. The average Bonchev–Trinajstić information content (AvgIpc) is 3.08. The lowest BCUT2D eigenvalue weighted by molar-refractivity contribution is 0.0835. The highest BCUT2D eigenvalue weighted by atomic mass is 32.1. The molecule has 0 saturated carbocycles. The van der Waals surface area contributed by atoms with Gasteiger partial charge in [-0.3, -0.25) is 4.90 Å². The minimum absolute atomic E-state index is 0.179. The van der Waals surface area contributed by atoms with Gasteiger partial charge in [0.15, 0.2) is 0 Å². The number of phenols is 1. The highest BCUT2D eigenvalue weighted by Crippen LogP contribution is 2.33. The predicted molar refractivity (Wildman–Crippen MR) is 102 cm³/mol. The van der Waals surface area contributed by atoms with E-state index in [1.165, 1.54) is 11.1 Å². The van der Waals surface area contributed by atoms with Crippen molar-refractivity contribution in [1.82, 2.24) is 9.88 Å². The summed E-state index contributed by atoms with van der Waals surface area (Å²) >= 11 is 1.67. The van der Waals surface area contributed by atoms with Crippen LogP contribution in [0.2, 0.25) is 0 Å². The molecule has 0 radical (unpaired) electrons. The van der Waals surface area contributed by atoms with Gasteiger partial charge in [0.05, 0.1) is 16.8 Å². The molecule has 1 aliphatic rings. The first kappa shape index (κ1) is 16.5. The fourth-order valence-corrected chi connectivity index (χ4v) is 4.50. The fraction of sp³-hybridized carbons (Fsp3) is 0.350. The number of hydrogen-bond acceptors (Lipinski definition) is 5. The smallest absolute Gasteiger partial charge is 0.124 e. The van der Waals surface area contributed by atoms with Crippen molar-refractivity contribution in [2.45, 2.75) is 31.8 Å². The summed E-state index contributed by atoms with van der Waals surface area (Å²) in [5, 5.41) is 20.9. The van der Waals surface area contributed by atoms with E-state index in [-0.39, 0.29) is 12.6 Å². The number of para-hydroxylation sites is 1. The van der Waals surface area contributed by atoms with Crippen LogP contribution in [-0.4, -0.2) is 39.3 Å². The van der Waals surface area contributed by atoms with Crippen LogP contribution >= 0.6 is 11.3 Å². The molecule has 1 aromatic heterocycles. The molecule has 1 saturated heterocycles. The van der Waals surface area contributed by atoms with Crippen molar-refractivity contribution in [3.8, 4) is 16.3 Å². The minimum atomic E-state index is 0.179. The zero-order valence-corrected chi connectivity index (χ0v) is 14.9. The van der Waals surface area contributed by atoms with Gasteiger partial charge < -0.3 is 10.2 Å². The maximum absolute atomic E-state index is 10.3. The molecule has 1 fully saturated rings. The monoisotopic (exact) mass is 354 g/mol. The second-order valence-corrected chi connectivity index (χ2v) is 7.66. The normalized spacial score (nSPS) is 18.7. The van der Waals surface area contributed by atoms with Gasteiger partial charge in [0.1, 0.15) is 10.8 Å². The summed E-state index contributed by atoms with van der Waals surface area (Å²) in [6.07, 6.45) is 3.34. The van der Waals surface area contributed by atoms with E-state index in [1.54, 1.807) is 17.4 Å². The third-order valence-electron chi connectivity index (χ3n) is 4.95. The molecule has 2 heterocycles. The number of aromatic nitrogens is 1. The molecule has 4 nitrogen and oxygen atoms in total. The Balaban J connectivity index is 1.64. The van der Waals surface area contributed by atoms with Crippen molar-refractivity contribution in [3.63, 3.8) is 0 Å². The van der Waals surface area contributed by atoms with Crippen LogP contribution in [0, 0.1) is 0 Å². The second kappa shape index (κ2) is 7.12. The molecule has 3 aromatic rings. The van der Waals surface area contributed by atoms with Crippen molar-refractivity contribution >= 4 is 21.6 Å². The number of aliphatic hydroxyl groups excluding tert-OH is 1. The molecular formula is C20H22N2O2S. The number of nitrogens with zero attached hydrogens (tertiary/aromatic N) is 2. The number of phenolic OH excluding ortho intramolecular Hbond substituents is 1. The molecule has 1 unspecified atom stereocenters. The number of piperidine rings is 1. The molecule has 1 aliphatic heterocycles. The van der Waals surface area contributed by atoms with Gasteiger partial charge in [-0.1, -0.05) is 18.6 Å². The third-order valence-corrected chi connectivity index (χ3v) is 6.04. The lowest BCUT2D eigenvalue weighted by Gasteiger charge is -2.34. The highest BCUT2D eigenvalue weighted by Gasteiger charge is 2.22. The van der Waals surface area contributed by atoms with Crippen molar-refractivity contribution < 1.29 is 10.2 Å². The van der Waals surface area contributed by atoms with E-state index in [1.807, 2.05) is 30.3 Å². The molecule has 2 N–H and O–H groups in total. The van der Waals surface area contributed by atoms with Crippen molar-refractivity contribution in [3.05, 3.63) is 48.0 Å². The van der Waals surface area contributed by atoms with E-state index in [9.17, 15) is 10.2 Å². The van der Waals surface area contributed by atoms with Crippen LogP contribution in [0.25, 0.3) is 20.8 Å². The Kier molecular flexibility index (Phi) is 4.70. The number of likely N-dealkylation sites (tertiary alicyclic amines) is 1. The molecule has 0 spiro atoms. The van der Waals surface area contributed by atoms with Gasteiger partial charge in [-0.05, 0) is 49.7 Å². The molecule has 0 bridgehead atoms. The van der Waals surface area contributed by atoms with Gasteiger partial charge in [-0.2, -0.15) is 0 Å². The Labute approximate surface area is 151 Å². The largest absolute Gasteiger partial charge is 0.508 e. The summed E-state index contributed by atoms with van der Waals surface area (Å²) in [5.41, 5.74) is 2.94. The van der Waals surface area contributed by atoms with Gasteiger partial charge in [0, 0.05) is 23.7 Å². The van der Waals surface area contributed by atoms with E-state index >= 15 is 0 Å². The second-order valence-electron chi connectivity index (χ2n) is 6.63. The van der Waals surface area contributed by atoms with Crippen LogP contribution in [0.1, 0.15) is 24.8 Å². The highest BCUT2D eigenvalue weighted by molar-refractivity contribution is 7.21. The lowest BCUT2D eigenvalue weighted by Crippen LogP contribution is -2.41. The number of aromatic hydroxyl groups is 1. The number of rotatable bonds is 4. The standard InChI is InChI=1S/C20H22N2O2S/c23-13-16-5-3-4-10-22(16)12-15-11-14(8-9-18(15)24)20-21-17-6-1-2-7-19(17)25-20/h1-2,6-9,11,16,23-24H,3-5,10,12-13H2. The summed E-state index contributed by atoms with van der Waals surface area (Å²) < 4.78 is 1.17. The molecule has 2 aromatic carbocycles. The Morgan fingerprint density at radius 2 is 2.04 bits per heavy atom. The molecule has 0 aliphatic carbocycles. The summed E-state index contributed by atoms with van der Waals surface area (Å²) in [5.74, 6) is 0.312. The van der Waals surface area contributed by atoms with E-state index in [4.69, 9.17) is 4.98 Å². The lowest BCUT2D eigenvalue weighted by atomic mass is 10.0. The van der Waals surface area contributed by atoms with Crippen LogP contribution in [0.4, 0.5) is 0 Å². The number of benzene rings is 2. The molecule has 130 valence electrons. The molecule has 1 atom stereocenters. The molecule has 4 rings (SSSR count).